The smallest absolute Gasteiger partial charge is 0.243 e. The lowest BCUT2D eigenvalue weighted by Crippen LogP contribution is -2.56. The topological polar surface area (TPSA) is 447 Å². The zero-order valence-corrected chi connectivity index (χ0v) is 41.7. The fourth-order valence-electron chi connectivity index (χ4n) is 7.36. The monoisotopic (exact) mass is 1010 g/mol. The van der Waals surface area contributed by atoms with Crippen molar-refractivity contribution < 1.29 is 38.7 Å². The molecule has 21 N–H and O–H groups in total. The van der Waals surface area contributed by atoms with E-state index in [1.54, 1.807) is 0 Å². The standard InChI is InChI=1S/C43H82N18O8S/c1-29(62)37(46)41(69)55-21-23-60(36(65)14-25-70)32(11-9-18-57-43(50)51)39(67)53-20-24-61(35(64)12-3-2-6-15-44)33(26-30-27-52-28-58-30)40(68)54-19-22-59(31(38(47)66)10-4-7-16-45)34(63)13-5-8-17-56-42(48)49/h27-29,31-33,37,62,70H,2-26,44-46H2,1H3,(H2,47,66)(H,52,58)(H,53,67)(H,54,68)(H,55,69)(H4,48,49,56)(H4,50,51,57)/t29-,31+,32+,33+,37+/m1/s1. The van der Waals surface area contributed by atoms with Gasteiger partial charge >= 0.3 is 0 Å². The van der Waals surface area contributed by atoms with E-state index in [4.69, 9.17) is 45.9 Å². The molecule has 0 unspecified atom stereocenters. The van der Waals surface area contributed by atoms with E-state index in [2.05, 4.69) is 48.5 Å². The first-order chi connectivity index (χ1) is 33.4. The SMILES string of the molecule is C[C@@H](O)[C@H](N)C(=O)NCCN(C(=O)CCS)[C@@H](CCCN=C(N)N)C(=O)NCCN(C(=O)CCCCCN)[C@@H](Cc1cnc[nH]1)C(=O)NCCN(C(=O)CCCCN=C(N)N)[C@@H](CCCCN)C(N)=O. The Balaban J connectivity index is 3.54. The highest BCUT2D eigenvalue weighted by atomic mass is 32.1. The molecule has 70 heavy (non-hydrogen) atoms. The number of hydrogen-bond donors (Lipinski definition) is 14. The van der Waals surface area contributed by atoms with E-state index >= 15 is 0 Å². The van der Waals surface area contributed by atoms with Crippen molar-refractivity contribution in [3.8, 4) is 0 Å². The van der Waals surface area contributed by atoms with Crippen LogP contribution in [0.5, 0.6) is 0 Å². The number of aromatic amines is 1. The van der Waals surface area contributed by atoms with E-state index in [1.807, 2.05) is 0 Å². The molecule has 398 valence electrons. The predicted molar refractivity (Wildman–Crippen MR) is 270 cm³/mol. The normalized spacial score (nSPS) is 13.1. The number of guanidine groups is 2. The molecule has 0 fully saturated rings. The molecule has 0 aromatic carbocycles. The largest absolute Gasteiger partial charge is 0.391 e. The van der Waals surface area contributed by atoms with Gasteiger partial charge in [-0.2, -0.15) is 12.6 Å². The number of aliphatic hydroxyl groups excluding tert-OH is 1. The van der Waals surface area contributed by atoms with Crippen LogP contribution in [0.3, 0.4) is 0 Å². The van der Waals surface area contributed by atoms with Crippen LogP contribution in [0.15, 0.2) is 22.5 Å². The predicted octanol–water partition coefficient (Wildman–Crippen LogP) is -4.45. The molecular formula is C43H82N18O8S. The molecule has 1 aromatic heterocycles. The van der Waals surface area contributed by atoms with Gasteiger partial charge in [-0.15, -0.1) is 0 Å². The van der Waals surface area contributed by atoms with Crippen LogP contribution in [0.4, 0.5) is 0 Å². The van der Waals surface area contributed by atoms with Crippen molar-refractivity contribution in [1.82, 2.24) is 40.6 Å². The summed E-state index contributed by atoms with van der Waals surface area (Å²) < 4.78 is 0. The average Bonchev–Trinajstić information content (AvgIpc) is 3.83. The second-order valence-electron chi connectivity index (χ2n) is 16.7. The number of aromatic nitrogens is 2. The molecule has 0 aliphatic heterocycles. The van der Waals surface area contributed by atoms with Gasteiger partial charge in [0.05, 0.1) is 12.4 Å². The first-order valence-corrected chi connectivity index (χ1v) is 24.6. The first-order valence-electron chi connectivity index (χ1n) is 23.9. The molecule has 0 aliphatic carbocycles. The lowest BCUT2D eigenvalue weighted by Gasteiger charge is -2.34. The van der Waals surface area contributed by atoms with Crippen molar-refractivity contribution in [2.24, 2.45) is 55.9 Å². The van der Waals surface area contributed by atoms with Gasteiger partial charge in [0.25, 0.3) is 0 Å². The number of amides is 7. The van der Waals surface area contributed by atoms with E-state index < -0.39 is 59.8 Å². The third kappa shape index (κ3) is 25.2. The maximum atomic E-state index is 14.4. The Hall–Kier alpha value is -5.77. The molecule has 0 aliphatic rings. The van der Waals surface area contributed by atoms with E-state index in [1.165, 1.54) is 34.1 Å². The van der Waals surface area contributed by atoms with Gasteiger partial charge in [-0.25, -0.2) is 4.98 Å². The number of nitrogens with one attached hydrogen (secondary N) is 4. The van der Waals surface area contributed by atoms with Crippen molar-refractivity contribution in [2.75, 3.05) is 71.2 Å². The van der Waals surface area contributed by atoms with Crippen molar-refractivity contribution in [3.05, 3.63) is 18.2 Å². The number of hydrogen-bond acceptors (Lipinski definition) is 15. The third-order valence-electron chi connectivity index (χ3n) is 11.1. The second-order valence-corrected chi connectivity index (χ2v) is 17.1. The summed E-state index contributed by atoms with van der Waals surface area (Å²) in [5, 5.41) is 18.1. The van der Waals surface area contributed by atoms with Crippen LogP contribution in [-0.2, 0) is 40.0 Å². The minimum absolute atomic E-state index is 0.0143. The number of primary amides is 1. The van der Waals surface area contributed by atoms with E-state index in [0.717, 1.165) is 0 Å². The van der Waals surface area contributed by atoms with Crippen molar-refractivity contribution >= 4 is 65.9 Å². The Kier molecular flexibility index (Phi) is 32.2. The Morgan fingerprint density at radius 3 is 1.63 bits per heavy atom. The van der Waals surface area contributed by atoms with Crippen molar-refractivity contribution in [3.63, 3.8) is 0 Å². The van der Waals surface area contributed by atoms with Crippen LogP contribution in [0.1, 0.15) is 96.1 Å². The van der Waals surface area contributed by atoms with Crippen molar-refractivity contribution in [2.45, 2.75) is 127 Å². The number of carbonyl (C=O) groups is 7. The molecule has 0 saturated heterocycles. The Labute approximate surface area is 416 Å². The zero-order valence-electron chi connectivity index (χ0n) is 40.8. The molecule has 0 radical (unpaired) electrons. The fraction of sp³-hybridized carbons (Fsp3) is 0.721. The van der Waals surface area contributed by atoms with Gasteiger partial charge in [0.15, 0.2) is 11.9 Å². The second kappa shape index (κ2) is 36.2. The van der Waals surface area contributed by atoms with Crippen LogP contribution in [0, 0.1) is 0 Å². The summed E-state index contributed by atoms with van der Waals surface area (Å²) in [6.07, 6.45) is 6.33. The molecule has 0 saturated carbocycles. The molecular weight excluding hydrogens is 929 g/mol. The summed E-state index contributed by atoms with van der Waals surface area (Å²) in [6.45, 7) is 1.90. The first kappa shape index (κ1) is 62.2. The summed E-state index contributed by atoms with van der Waals surface area (Å²) in [6, 6.07) is -4.45. The third-order valence-corrected chi connectivity index (χ3v) is 11.4. The summed E-state index contributed by atoms with van der Waals surface area (Å²) in [7, 11) is 0. The van der Waals surface area contributed by atoms with Crippen LogP contribution in [0.2, 0.25) is 0 Å². The van der Waals surface area contributed by atoms with Crippen LogP contribution in [-0.4, -0.2) is 185 Å². The van der Waals surface area contributed by atoms with Gasteiger partial charge in [-0.05, 0) is 83.6 Å². The number of aliphatic hydroxyl groups is 1. The van der Waals surface area contributed by atoms with Crippen LogP contribution < -0.4 is 61.8 Å². The number of H-pyrrole nitrogens is 1. The van der Waals surface area contributed by atoms with Crippen molar-refractivity contribution in [1.29, 1.82) is 0 Å². The summed E-state index contributed by atoms with van der Waals surface area (Å²) in [5.41, 5.74) is 45.4. The summed E-state index contributed by atoms with van der Waals surface area (Å²) in [4.78, 5) is 114. The van der Waals surface area contributed by atoms with Gasteiger partial charge in [-0.1, -0.05) is 6.42 Å². The van der Waals surface area contributed by atoms with Gasteiger partial charge in [-0.3, -0.25) is 43.5 Å². The lowest BCUT2D eigenvalue weighted by atomic mass is 10.1. The van der Waals surface area contributed by atoms with Gasteiger partial charge in [0.2, 0.25) is 41.4 Å². The average molecular weight is 1010 g/mol. The Bertz CT molecular complexity index is 1780. The van der Waals surface area contributed by atoms with Gasteiger partial charge in [0.1, 0.15) is 24.2 Å². The zero-order chi connectivity index (χ0) is 52.4. The molecule has 0 spiro atoms. The molecule has 1 rings (SSSR count). The number of unbranched alkanes of at least 4 members (excludes halogenated alkanes) is 4. The summed E-state index contributed by atoms with van der Waals surface area (Å²) >= 11 is 4.21. The molecule has 0 bridgehead atoms. The summed E-state index contributed by atoms with van der Waals surface area (Å²) in [5.74, 6) is -3.79. The van der Waals surface area contributed by atoms with Gasteiger partial charge in [0, 0.05) is 89.9 Å². The Morgan fingerprint density at radius 2 is 1.13 bits per heavy atom. The number of nitrogens with two attached hydrogens (primary N) is 8. The molecule has 5 atom stereocenters. The highest BCUT2D eigenvalue weighted by Gasteiger charge is 2.34. The number of rotatable bonds is 39. The molecule has 27 heteroatoms. The minimum Gasteiger partial charge on any atom is -0.391 e. The van der Waals surface area contributed by atoms with Crippen LogP contribution in [0.25, 0.3) is 0 Å². The number of aliphatic imine (C=N–C) groups is 2. The minimum atomic E-state index is -1.22. The molecule has 1 heterocycles. The Morgan fingerprint density at radius 1 is 0.657 bits per heavy atom. The van der Waals surface area contributed by atoms with E-state index in [0.29, 0.717) is 70.3 Å². The van der Waals surface area contributed by atoms with E-state index in [9.17, 15) is 38.7 Å². The number of nitrogens with zero attached hydrogens (tertiary/aromatic N) is 6. The maximum absolute atomic E-state index is 14.4. The quantitative estimate of drug-likeness (QED) is 0.0128. The highest BCUT2D eigenvalue weighted by molar-refractivity contribution is 7.80. The van der Waals surface area contributed by atoms with E-state index in [-0.39, 0.29) is 120 Å². The fourth-order valence-corrected chi connectivity index (χ4v) is 7.55. The van der Waals surface area contributed by atoms with Crippen LogP contribution >= 0.6 is 12.6 Å². The highest BCUT2D eigenvalue weighted by Crippen LogP contribution is 2.16. The molecule has 1 aromatic rings. The number of carbonyl (C=O) groups excluding carboxylic acids is 7. The lowest BCUT2D eigenvalue weighted by molar-refractivity contribution is -0.142. The molecule has 26 nitrogen and oxygen atoms in total. The molecule has 7 amide bonds. The van der Waals surface area contributed by atoms with Gasteiger partial charge < -0.3 is 86.6 Å². The number of imidazole rings is 1. The maximum Gasteiger partial charge on any atom is 0.243 e. The number of thiol groups is 1.